The molecule has 4 aromatic heterocycles. The van der Waals surface area contributed by atoms with Gasteiger partial charge in [0.2, 0.25) is 0 Å². The van der Waals surface area contributed by atoms with Gasteiger partial charge in [-0.1, -0.05) is 110 Å². The standard InChI is InChI=1S/C26H23N2O.C20H18N.Ir/c1-16-14-28-23(12-18(16)13-26(2,3)4)22-7-5-6-20-21-9-8-17-15-27-11-10-19(17)24(21)29-25(20)22;1-14-9-10-18(20-11-15(2)16(3)13-21-20)12-19(14)17-7-5-4-6-8-17;/h5-6,8-12,14-15H,13H2,1-4H3;4-9,11-13H,1-3H3;/q2*-1;. The number of aromatic nitrogens is 3. The fourth-order valence-electron chi connectivity index (χ4n) is 6.43. The minimum atomic E-state index is 0. The number of nitrogens with zero attached hydrogens (tertiary/aromatic N) is 3. The van der Waals surface area contributed by atoms with Gasteiger partial charge in [-0.15, -0.1) is 47.5 Å². The molecule has 0 amide bonds. The maximum absolute atomic E-state index is 6.42. The second kappa shape index (κ2) is 14.7. The smallest absolute Gasteiger partial charge is 0.128 e. The van der Waals surface area contributed by atoms with Crippen molar-refractivity contribution in [2.75, 3.05) is 0 Å². The number of hydrogen-bond acceptors (Lipinski definition) is 4. The van der Waals surface area contributed by atoms with Crippen LogP contribution in [0.15, 0.2) is 114 Å². The largest absolute Gasteiger partial charge is 0.500 e. The first-order chi connectivity index (χ1) is 24.1. The van der Waals surface area contributed by atoms with Crippen molar-refractivity contribution >= 4 is 32.7 Å². The Morgan fingerprint density at radius 2 is 1.41 bits per heavy atom. The fraction of sp³-hybridized carbons (Fsp3) is 0.196. The predicted octanol–water partition coefficient (Wildman–Crippen LogP) is 12.0. The first kappa shape index (κ1) is 35.9. The minimum absolute atomic E-state index is 0. The van der Waals surface area contributed by atoms with E-state index in [2.05, 4.69) is 137 Å². The van der Waals surface area contributed by atoms with E-state index in [0.29, 0.717) is 0 Å². The first-order valence-electron chi connectivity index (χ1n) is 17.1. The summed E-state index contributed by atoms with van der Waals surface area (Å²) in [6, 6.07) is 36.0. The van der Waals surface area contributed by atoms with Crippen LogP contribution in [0.2, 0.25) is 0 Å². The molecule has 0 bridgehead atoms. The SMILES string of the molecule is Cc1cnc(-c2[c-]cc(C)c(-c3ccccc3)c2)cc1C.Cc1cnc(-c2[c-]ccc3c2oc2c4ccncc4ccc32)cc1CC(C)(C)C.[Ir]. The van der Waals surface area contributed by atoms with Gasteiger partial charge in [0.15, 0.2) is 0 Å². The molecule has 4 heterocycles. The third-order valence-corrected chi connectivity index (χ3v) is 9.30. The van der Waals surface area contributed by atoms with Gasteiger partial charge in [-0.25, -0.2) is 0 Å². The van der Waals surface area contributed by atoms with Gasteiger partial charge in [0, 0.05) is 61.1 Å². The van der Waals surface area contributed by atoms with E-state index in [9.17, 15) is 0 Å². The molecule has 4 aromatic carbocycles. The molecule has 0 aliphatic heterocycles. The zero-order valence-corrected chi connectivity index (χ0v) is 32.6. The second-order valence-electron chi connectivity index (χ2n) is 14.4. The maximum atomic E-state index is 6.42. The van der Waals surface area contributed by atoms with Crippen LogP contribution >= 0.6 is 0 Å². The van der Waals surface area contributed by atoms with Crippen LogP contribution in [0.1, 0.15) is 48.6 Å². The Bertz CT molecular complexity index is 2490. The molecule has 0 saturated carbocycles. The van der Waals surface area contributed by atoms with Crippen LogP contribution in [-0.2, 0) is 26.5 Å². The summed E-state index contributed by atoms with van der Waals surface area (Å²) in [6.07, 6.45) is 8.58. The Morgan fingerprint density at radius 3 is 2.18 bits per heavy atom. The normalized spacial score (nSPS) is 11.4. The molecule has 257 valence electrons. The van der Waals surface area contributed by atoms with Crippen LogP contribution in [0, 0.1) is 45.2 Å². The number of pyridine rings is 3. The molecule has 1 radical (unpaired) electrons. The molecular formula is C46H41IrN3O-2. The molecule has 0 saturated heterocycles. The quantitative estimate of drug-likeness (QED) is 0.166. The Morgan fingerprint density at radius 1 is 0.667 bits per heavy atom. The average Bonchev–Trinajstić information content (AvgIpc) is 3.50. The molecule has 0 N–H and O–H groups in total. The molecule has 0 atom stereocenters. The van der Waals surface area contributed by atoms with Gasteiger partial charge in [-0.3, -0.25) is 4.98 Å². The van der Waals surface area contributed by atoms with Gasteiger partial charge in [0.05, 0.1) is 5.58 Å². The van der Waals surface area contributed by atoms with E-state index < -0.39 is 0 Å². The zero-order chi connectivity index (χ0) is 35.0. The fourth-order valence-corrected chi connectivity index (χ4v) is 6.43. The molecule has 0 unspecified atom stereocenters. The Labute approximate surface area is 314 Å². The summed E-state index contributed by atoms with van der Waals surface area (Å²) >= 11 is 0. The van der Waals surface area contributed by atoms with Crippen molar-refractivity contribution in [1.29, 1.82) is 0 Å². The molecule has 5 heteroatoms. The Hall–Kier alpha value is -4.96. The van der Waals surface area contributed by atoms with Crippen LogP contribution < -0.4 is 0 Å². The van der Waals surface area contributed by atoms with Crippen molar-refractivity contribution in [1.82, 2.24) is 15.0 Å². The van der Waals surface area contributed by atoms with Crippen molar-refractivity contribution in [2.24, 2.45) is 5.41 Å². The monoisotopic (exact) mass is 844 g/mol. The van der Waals surface area contributed by atoms with Crippen LogP contribution in [0.25, 0.3) is 66.4 Å². The Kier molecular flexibility index (Phi) is 10.3. The summed E-state index contributed by atoms with van der Waals surface area (Å²) in [7, 11) is 0. The number of benzene rings is 4. The summed E-state index contributed by atoms with van der Waals surface area (Å²) in [5.74, 6) is 0. The molecule has 0 fully saturated rings. The molecule has 0 aliphatic rings. The van der Waals surface area contributed by atoms with E-state index in [4.69, 9.17) is 9.40 Å². The molecule has 8 rings (SSSR count). The van der Waals surface area contributed by atoms with Gasteiger partial charge in [-0.2, -0.15) is 0 Å². The first-order valence-corrected chi connectivity index (χ1v) is 17.1. The molecular weight excluding hydrogens is 803 g/mol. The topological polar surface area (TPSA) is 51.8 Å². The molecule has 4 nitrogen and oxygen atoms in total. The number of furan rings is 1. The summed E-state index contributed by atoms with van der Waals surface area (Å²) in [6.45, 7) is 15.2. The van der Waals surface area contributed by atoms with Gasteiger partial charge in [0.1, 0.15) is 5.58 Å². The predicted molar refractivity (Wildman–Crippen MR) is 207 cm³/mol. The number of fused-ring (bicyclic) bond motifs is 5. The van der Waals surface area contributed by atoms with Crippen molar-refractivity contribution < 1.29 is 24.5 Å². The van der Waals surface area contributed by atoms with Crippen LogP contribution in [-0.4, -0.2) is 15.0 Å². The summed E-state index contributed by atoms with van der Waals surface area (Å²) in [5.41, 5.74) is 14.5. The van der Waals surface area contributed by atoms with E-state index in [1.807, 2.05) is 43.0 Å². The van der Waals surface area contributed by atoms with E-state index in [-0.39, 0.29) is 25.5 Å². The van der Waals surface area contributed by atoms with Crippen LogP contribution in [0.3, 0.4) is 0 Å². The van der Waals surface area contributed by atoms with Crippen molar-refractivity contribution in [3.8, 4) is 33.6 Å². The minimum Gasteiger partial charge on any atom is -0.500 e. The van der Waals surface area contributed by atoms with E-state index in [1.165, 1.54) is 38.9 Å². The van der Waals surface area contributed by atoms with E-state index in [0.717, 1.165) is 61.6 Å². The summed E-state index contributed by atoms with van der Waals surface area (Å²) < 4.78 is 6.42. The molecule has 51 heavy (non-hydrogen) atoms. The maximum Gasteiger partial charge on any atom is 0.128 e. The average molecular weight is 844 g/mol. The molecule has 8 aromatic rings. The number of aryl methyl sites for hydroxylation is 4. The number of hydrogen-bond donors (Lipinski definition) is 0. The van der Waals surface area contributed by atoms with Gasteiger partial charge < -0.3 is 14.4 Å². The zero-order valence-electron chi connectivity index (χ0n) is 30.2. The second-order valence-corrected chi connectivity index (χ2v) is 14.4. The van der Waals surface area contributed by atoms with E-state index in [1.54, 1.807) is 0 Å². The van der Waals surface area contributed by atoms with Gasteiger partial charge in [-0.05, 0) is 66.8 Å². The molecule has 0 aliphatic carbocycles. The van der Waals surface area contributed by atoms with Crippen LogP contribution in [0.4, 0.5) is 0 Å². The molecule has 0 spiro atoms. The van der Waals surface area contributed by atoms with Crippen LogP contribution in [0.5, 0.6) is 0 Å². The van der Waals surface area contributed by atoms with Crippen molar-refractivity contribution in [2.45, 2.75) is 54.9 Å². The summed E-state index contributed by atoms with van der Waals surface area (Å²) in [5, 5.41) is 4.35. The third-order valence-electron chi connectivity index (χ3n) is 9.30. The van der Waals surface area contributed by atoms with Gasteiger partial charge >= 0.3 is 0 Å². The number of rotatable bonds is 4. The van der Waals surface area contributed by atoms with Crippen molar-refractivity contribution in [3.63, 3.8) is 0 Å². The third kappa shape index (κ3) is 7.56. The Balaban J connectivity index is 0.000000181. The van der Waals surface area contributed by atoms with Gasteiger partial charge in [0.25, 0.3) is 0 Å². The summed E-state index contributed by atoms with van der Waals surface area (Å²) in [4.78, 5) is 13.5. The van der Waals surface area contributed by atoms with E-state index >= 15 is 0 Å². The van der Waals surface area contributed by atoms with Crippen molar-refractivity contribution in [3.05, 3.63) is 150 Å².